The van der Waals surface area contributed by atoms with E-state index in [1.54, 1.807) is 17.5 Å². The average molecular weight is 344 g/mol. The standard InChI is InChI=1S/C16H16F4N2S/c17-12-4-1-3-11(16(18,19)20)14(12)15(13-5-2-10-23-13)22-8-6-21-7-9-22/h1-5,10,15,21H,6-9H2/t15-/m0/s1. The van der Waals surface area contributed by atoms with Crippen molar-refractivity contribution in [1.82, 2.24) is 10.2 Å². The topological polar surface area (TPSA) is 15.3 Å². The van der Waals surface area contributed by atoms with E-state index in [-0.39, 0.29) is 5.56 Å². The summed E-state index contributed by atoms with van der Waals surface area (Å²) < 4.78 is 54.7. The fraction of sp³-hybridized carbons (Fsp3) is 0.375. The zero-order valence-corrected chi connectivity index (χ0v) is 13.1. The molecule has 0 saturated carbocycles. The predicted molar refractivity (Wildman–Crippen MR) is 82.0 cm³/mol. The number of alkyl halides is 3. The molecule has 0 amide bonds. The molecule has 1 aliphatic rings. The van der Waals surface area contributed by atoms with Crippen LogP contribution in [-0.4, -0.2) is 31.1 Å². The quantitative estimate of drug-likeness (QED) is 0.850. The Morgan fingerprint density at radius 3 is 2.43 bits per heavy atom. The molecule has 2 nitrogen and oxygen atoms in total. The molecule has 1 atom stereocenters. The molecule has 124 valence electrons. The summed E-state index contributed by atoms with van der Waals surface area (Å²) in [5.41, 5.74) is -1.17. The van der Waals surface area contributed by atoms with Crippen LogP contribution in [0.5, 0.6) is 0 Å². The summed E-state index contributed by atoms with van der Waals surface area (Å²) in [5.74, 6) is -0.809. The van der Waals surface area contributed by atoms with E-state index in [0.29, 0.717) is 26.2 Å². The Kier molecular flexibility index (Phi) is 4.70. The molecule has 23 heavy (non-hydrogen) atoms. The zero-order valence-electron chi connectivity index (χ0n) is 12.2. The van der Waals surface area contributed by atoms with Gasteiger partial charge in [0.1, 0.15) is 5.82 Å². The monoisotopic (exact) mass is 344 g/mol. The minimum Gasteiger partial charge on any atom is -0.314 e. The molecule has 0 radical (unpaired) electrons. The largest absolute Gasteiger partial charge is 0.416 e. The normalized spacial score (nSPS) is 18.1. The molecule has 7 heteroatoms. The zero-order chi connectivity index (χ0) is 16.4. The van der Waals surface area contributed by atoms with Crippen LogP contribution in [0.4, 0.5) is 17.6 Å². The minimum atomic E-state index is -4.58. The van der Waals surface area contributed by atoms with Gasteiger partial charge in [-0.15, -0.1) is 11.3 Å². The molecule has 1 aliphatic heterocycles. The third-order valence-corrected chi connectivity index (χ3v) is 4.89. The highest BCUT2D eigenvalue weighted by Gasteiger charge is 2.39. The number of hydrogen-bond acceptors (Lipinski definition) is 3. The van der Waals surface area contributed by atoms with Gasteiger partial charge >= 0.3 is 6.18 Å². The van der Waals surface area contributed by atoms with Crippen LogP contribution in [0.25, 0.3) is 0 Å². The third kappa shape index (κ3) is 3.41. The molecule has 0 unspecified atom stereocenters. The Balaban J connectivity index is 2.14. The fourth-order valence-corrected chi connectivity index (χ4v) is 3.82. The first-order valence-electron chi connectivity index (χ1n) is 7.32. The summed E-state index contributed by atoms with van der Waals surface area (Å²) >= 11 is 1.35. The SMILES string of the molecule is Fc1cccc(C(F)(F)F)c1[C@H](c1cccs1)N1CCNCC1. The van der Waals surface area contributed by atoms with Gasteiger partial charge in [-0.1, -0.05) is 12.1 Å². The van der Waals surface area contributed by atoms with Gasteiger partial charge in [-0.3, -0.25) is 4.90 Å². The summed E-state index contributed by atoms with van der Waals surface area (Å²) in [5, 5.41) is 4.98. The summed E-state index contributed by atoms with van der Waals surface area (Å²) in [6.07, 6.45) is -4.58. The predicted octanol–water partition coefficient (Wildman–Crippen LogP) is 3.90. The molecule has 0 aliphatic carbocycles. The van der Waals surface area contributed by atoms with Crippen molar-refractivity contribution in [2.45, 2.75) is 12.2 Å². The first-order valence-corrected chi connectivity index (χ1v) is 8.20. The second-order valence-electron chi connectivity index (χ2n) is 5.40. The highest BCUT2D eigenvalue weighted by atomic mass is 32.1. The van der Waals surface area contributed by atoms with E-state index in [1.807, 2.05) is 4.90 Å². The van der Waals surface area contributed by atoms with Crippen LogP contribution < -0.4 is 5.32 Å². The first kappa shape index (κ1) is 16.4. The van der Waals surface area contributed by atoms with E-state index in [1.165, 1.54) is 11.3 Å². The van der Waals surface area contributed by atoms with Crippen LogP contribution in [0.1, 0.15) is 22.0 Å². The lowest BCUT2D eigenvalue weighted by Gasteiger charge is -2.36. The van der Waals surface area contributed by atoms with Crippen molar-refractivity contribution in [1.29, 1.82) is 0 Å². The van der Waals surface area contributed by atoms with E-state index >= 15 is 0 Å². The molecule has 1 fully saturated rings. The van der Waals surface area contributed by atoms with Gasteiger partial charge in [0.2, 0.25) is 0 Å². The number of halogens is 4. The summed E-state index contributed by atoms with van der Waals surface area (Å²) in [6, 6.07) is 6.02. The molecule has 0 spiro atoms. The highest BCUT2D eigenvalue weighted by Crippen LogP contribution is 2.41. The smallest absolute Gasteiger partial charge is 0.314 e. The molecule has 1 aromatic heterocycles. The van der Waals surface area contributed by atoms with Crippen LogP contribution in [0.15, 0.2) is 35.7 Å². The molecule has 0 bridgehead atoms. The number of rotatable bonds is 3. The van der Waals surface area contributed by atoms with Crippen molar-refractivity contribution in [2.24, 2.45) is 0 Å². The Morgan fingerprint density at radius 1 is 1.09 bits per heavy atom. The van der Waals surface area contributed by atoms with Gasteiger partial charge in [-0.25, -0.2) is 4.39 Å². The van der Waals surface area contributed by atoms with Gasteiger partial charge in [0.05, 0.1) is 11.6 Å². The minimum absolute atomic E-state index is 0.274. The third-order valence-electron chi connectivity index (χ3n) is 3.96. The Morgan fingerprint density at radius 2 is 1.83 bits per heavy atom. The van der Waals surface area contributed by atoms with E-state index in [0.717, 1.165) is 23.1 Å². The van der Waals surface area contributed by atoms with Crippen molar-refractivity contribution in [3.63, 3.8) is 0 Å². The van der Waals surface area contributed by atoms with Crippen molar-refractivity contribution in [2.75, 3.05) is 26.2 Å². The van der Waals surface area contributed by atoms with Crippen molar-refractivity contribution >= 4 is 11.3 Å². The van der Waals surface area contributed by atoms with E-state index in [9.17, 15) is 17.6 Å². The number of piperazine rings is 1. The van der Waals surface area contributed by atoms with Crippen LogP contribution in [0, 0.1) is 5.82 Å². The molecule has 1 saturated heterocycles. The number of benzene rings is 1. The second kappa shape index (κ2) is 6.59. The molecular weight excluding hydrogens is 328 g/mol. The Labute approximate surface area is 135 Å². The number of hydrogen-bond donors (Lipinski definition) is 1. The van der Waals surface area contributed by atoms with Crippen molar-refractivity contribution < 1.29 is 17.6 Å². The molecular formula is C16H16F4N2S. The Bertz CT molecular complexity index is 649. The van der Waals surface area contributed by atoms with E-state index in [4.69, 9.17) is 0 Å². The lowest BCUT2D eigenvalue weighted by atomic mass is 9.96. The van der Waals surface area contributed by atoms with Crippen LogP contribution in [-0.2, 0) is 6.18 Å². The summed E-state index contributed by atoms with van der Waals surface area (Å²) in [7, 11) is 0. The van der Waals surface area contributed by atoms with Crippen molar-refractivity contribution in [3.8, 4) is 0 Å². The highest BCUT2D eigenvalue weighted by molar-refractivity contribution is 7.10. The molecule has 2 heterocycles. The fourth-order valence-electron chi connectivity index (χ4n) is 2.95. The lowest BCUT2D eigenvalue weighted by Crippen LogP contribution is -2.45. The number of nitrogens with one attached hydrogen (secondary N) is 1. The molecule has 2 aromatic rings. The summed E-state index contributed by atoms with van der Waals surface area (Å²) in [4.78, 5) is 2.64. The van der Waals surface area contributed by atoms with Crippen molar-refractivity contribution in [3.05, 3.63) is 57.5 Å². The molecule has 3 rings (SSSR count). The van der Waals surface area contributed by atoms with Gasteiger partial charge in [0, 0.05) is 36.6 Å². The number of nitrogens with zero attached hydrogens (tertiary/aromatic N) is 1. The van der Waals surface area contributed by atoms with Crippen LogP contribution >= 0.6 is 11.3 Å². The maximum absolute atomic E-state index is 14.4. The van der Waals surface area contributed by atoms with E-state index < -0.39 is 23.6 Å². The van der Waals surface area contributed by atoms with Gasteiger partial charge in [-0.2, -0.15) is 13.2 Å². The van der Waals surface area contributed by atoms with Gasteiger partial charge in [-0.05, 0) is 23.6 Å². The number of thiophene rings is 1. The molecule has 1 aromatic carbocycles. The van der Waals surface area contributed by atoms with E-state index in [2.05, 4.69) is 5.32 Å². The van der Waals surface area contributed by atoms with Gasteiger partial charge in [0.15, 0.2) is 0 Å². The maximum Gasteiger partial charge on any atom is 0.416 e. The summed E-state index contributed by atoms with van der Waals surface area (Å²) in [6.45, 7) is 2.51. The van der Waals surface area contributed by atoms with Crippen LogP contribution in [0.3, 0.4) is 0 Å². The van der Waals surface area contributed by atoms with Crippen LogP contribution in [0.2, 0.25) is 0 Å². The second-order valence-corrected chi connectivity index (χ2v) is 6.38. The maximum atomic E-state index is 14.4. The van der Waals surface area contributed by atoms with Gasteiger partial charge in [0.25, 0.3) is 0 Å². The average Bonchev–Trinajstić information content (AvgIpc) is 3.03. The van der Waals surface area contributed by atoms with Gasteiger partial charge < -0.3 is 5.32 Å². The lowest BCUT2D eigenvalue weighted by molar-refractivity contribution is -0.138. The Hall–Kier alpha value is -1.44. The first-order chi connectivity index (χ1) is 11.0. The molecule has 1 N–H and O–H groups in total.